The highest BCUT2D eigenvalue weighted by Gasteiger charge is 2.28. The van der Waals surface area contributed by atoms with Crippen LogP contribution in [0, 0.1) is 0 Å². The first kappa shape index (κ1) is 15.8. The number of rotatable bonds is 0. The highest BCUT2D eigenvalue weighted by atomic mass is 35.5. The van der Waals surface area contributed by atoms with E-state index in [2.05, 4.69) is 25.6 Å². The van der Waals surface area contributed by atoms with Crippen LogP contribution in [0.2, 0.25) is 5.02 Å². The molecule has 9 heteroatoms. The van der Waals surface area contributed by atoms with Gasteiger partial charge in [-0.1, -0.05) is 16.8 Å². The van der Waals surface area contributed by atoms with Crippen LogP contribution in [-0.4, -0.2) is 41.6 Å². The lowest BCUT2D eigenvalue weighted by molar-refractivity contribution is -0.121. The number of aromatic nitrogens is 2. The molecule has 2 aliphatic heterocycles. The third-order valence-corrected chi connectivity index (χ3v) is 4.21. The first-order chi connectivity index (χ1) is 12.2. The first-order valence-electron chi connectivity index (χ1n) is 7.91. The fourth-order valence-corrected chi connectivity index (χ4v) is 2.90. The molecule has 0 fully saturated rings. The van der Waals surface area contributed by atoms with E-state index < -0.39 is 6.04 Å². The topological polar surface area (TPSA) is 92.1 Å². The average molecular weight is 359 g/mol. The minimum Gasteiger partial charge on any atom is -0.478 e. The first-order valence-corrected chi connectivity index (χ1v) is 8.29. The van der Waals surface area contributed by atoms with Crippen molar-refractivity contribution in [3.63, 3.8) is 0 Å². The van der Waals surface area contributed by atoms with Gasteiger partial charge < -0.3 is 10.1 Å². The van der Waals surface area contributed by atoms with E-state index in [0.29, 0.717) is 42.7 Å². The standard InChI is InChI=1S/C16H15ClN6O2/c17-10-2-3-14-11(6-10)12-7-15(20-9-19-12)25-5-1-4-18-16(24)13-8-23(14)22-21-13/h2-3,6-7,9,13H,1,4-5,8H2,(H,18,24). The molecule has 8 nitrogen and oxygen atoms in total. The van der Waals surface area contributed by atoms with Crippen molar-refractivity contribution in [2.45, 2.75) is 12.5 Å². The summed E-state index contributed by atoms with van der Waals surface area (Å²) in [4.78, 5) is 20.7. The maximum Gasteiger partial charge on any atom is 0.248 e. The molecule has 1 aromatic heterocycles. The van der Waals surface area contributed by atoms with Gasteiger partial charge in [-0.25, -0.2) is 15.0 Å². The second-order valence-electron chi connectivity index (χ2n) is 5.70. The van der Waals surface area contributed by atoms with Gasteiger partial charge in [0.05, 0.1) is 24.5 Å². The monoisotopic (exact) mass is 358 g/mol. The van der Waals surface area contributed by atoms with E-state index in [1.54, 1.807) is 23.2 Å². The van der Waals surface area contributed by atoms with Crippen LogP contribution in [0.1, 0.15) is 6.42 Å². The number of anilines is 1. The molecule has 2 aliphatic rings. The molecule has 128 valence electrons. The zero-order valence-corrected chi connectivity index (χ0v) is 14.0. The van der Waals surface area contributed by atoms with Gasteiger partial charge in [0.15, 0.2) is 6.04 Å². The van der Waals surface area contributed by atoms with Crippen molar-refractivity contribution >= 4 is 23.2 Å². The van der Waals surface area contributed by atoms with Crippen LogP contribution in [0.15, 0.2) is 40.9 Å². The molecule has 1 atom stereocenters. The molecule has 1 N–H and O–H groups in total. The predicted octanol–water partition coefficient (Wildman–Crippen LogP) is 2.25. The zero-order chi connectivity index (χ0) is 17.2. The van der Waals surface area contributed by atoms with Crippen molar-refractivity contribution in [1.29, 1.82) is 0 Å². The summed E-state index contributed by atoms with van der Waals surface area (Å²) in [5.74, 6) is 0.328. The maximum absolute atomic E-state index is 12.2. The number of amides is 1. The third kappa shape index (κ3) is 3.25. The molecule has 0 radical (unpaired) electrons. The lowest BCUT2D eigenvalue weighted by Gasteiger charge is -2.18. The molecular weight excluding hydrogens is 344 g/mol. The second-order valence-corrected chi connectivity index (χ2v) is 6.14. The Morgan fingerprint density at radius 2 is 2.20 bits per heavy atom. The summed E-state index contributed by atoms with van der Waals surface area (Å²) in [5, 5.41) is 13.3. The average Bonchev–Trinajstić information content (AvgIpc) is 3.11. The second kappa shape index (κ2) is 6.64. The van der Waals surface area contributed by atoms with Gasteiger partial charge in [0.25, 0.3) is 0 Å². The fourth-order valence-electron chi connectivity index (χ4n) is 2.73. The Balaban J connectivity index is 1.79. The summed E-state index contributed by atoms with van der Waals surface area (Å²) in [5.41, 5.74) is 2.21. The van der Waals surface area contributed by atoms with E-state index in [1.807, 2.05) is 6.07 Å². The summed E-state index contributed by atoms with van der Waals surface area (Å²) >= 11 is 6.17. The van der Waals surface area contributed by atoms with E-state index >= 15 is 0 Å². The van der Waals surface area contributed by atoms with Gasteiger partial charge in [-0.3, -0.25) is 4.79 Å². The number of nitrogens with one attached hydrogen (secondary N) is 1. The van der Waals surface area contributed by atoms with Crippen molar-refractivity contribution in [1.82, 2.24) is 15.3 Å². The van der Waals surface area contributed by atoms with E-state index in [9.17, 15) is 4.79 Å². The van der Waals surface area contributed by atoms with Crippen molar-refractivity contribution < 1.29 is 9.53 Å². The number of hydrogen-bond donors (Lipinski definition) is 1. The Morgan fingerprint density at radius 3 is 3.12 bits per heavy atom. The number of hydrogen-bond acceptors (Lipinski definition) is 7. The summed E-state index contributed by atoms with van der Waals surface area (Å²) < 4.78 is 5.65. The Bertz CT molecular complexity index is 843. The molecule has 1 aromatic carbocycles. The van der Waals surface area contributed by atoms with Gasteiger partial charge in [-0.2, -0.15) is 5.11 Å². The molecule has 4 rings (SSSR count). The third-order valence-electron chi connectivity index (χ3n) is 3.97. The van der Waals surface area contributed by atoms with Gasteiger partial charge in [0, 0.05) is 23.2 Å². The number of benzene rings is 1. The summed E-state index contributed by atoms with van der Waals surface area (Å²) in [6, 6.07) is 6.65. The van der Waals surface area contributed by atoms with Gasteiger partial charge in [0.2, 0.25) is 11.8 Å². The van der Waals surface area contributed by atoms with E-state index in [-0.39, 0.29) is 5.91 Å². The van der Waals surface area contributed by atoms with E-state index in [1.165, 1.54) is 6.33 Å². The summed E-state index contributed by atoms with van der Waals surface area (Å²) in [6.45, 7) is 1.32. The molecule has 0 spiro atoms. The lowest BCUT2D eigenvalue weighted by Crippen LogP contribution is -2.37. The quantitative estimate of drug-likeness (QED) is 0.779. The molecule has 1 amide bonds. The van der Waals surface area contributed by atoms with Gasteiger partial charge in [0.1, 0.15) is 6.33 Å². The lowest BCUT2D eigenvalue weighted by atomic mass is 10.1. The minimum absolute atomic E-state index is 0.145. The molecule has 4 bridgehead atoms. The van der Waals surface area contributed by atoms with Gasteiger partial charge in [-0.15, -0.1) is 0 Å². The molecule has 3 heterocycles. The number of ether oxygens (including phenoxy) is 1. The molecule has 0 saturated heterocycles. The SMILES string of the molecule is O=C1NCCCOc2cc(ncn2)-c2cc(Cl)ccc2N2CC1N=N2. The van der Waals surface area contributed by atoms with Crippen LogP contribution in [-0.2, 0) is 4.79 Å². The highest BCUT2D eigenvalue weighted by Crippen LogP contribution is 2.35. The molecule has 25 heavy (non-hydrogen) atoms. The van der Waals surface area contributed by atoms with Gasteiger partial charge >= 0.3 is 0 Å². The Labute approximate surface area is 148 Å². The molecular formula is C16H15ClN6O2. The summed E-state index contributed by atoms with van der Waals surface area (Å²) in [6.07, 6.45) is 2.12. The van der Waals surface area contributed by atoms with Crippen LogP contribution in [0.5, 0.6) is 5.88 Å². The van der Waals surface area contributed by atoms with Crippen LogP contribution >= 0.6 is 11.6 Å². The molecule has 2 aromatic rings. The molecule has 0 aliphatic carbocycles. The van der Waals surface area contributed by atoms with Crippen molar-refractivity contribution in [2.75, 3.05) is 24.7 Å². The number of halogens is 1. The number of carbonyl (C=O) groups is 1. The molecule has 1 unspecified atom stereocenters. The van der Waals surface area contributed by atoms with Crippen molar-refractivity contribution in [3.05, 3.63) is 35.6 Å². The Morgan fingerprint density at radius 1 is 1.28 bits per heavy atom. The minimum atomic E-state index is -0.534. The Hall–Kier alpha value is -2.74. The van der Waals surface area contributed by atoms with Crippen molar-refractivity contribution in [3.8, 4) is 17.1 Å². The van der Waals surface area contributed by atoms with Crippen molar-refractivity contribution in [2.24, 2.45) is 10.3 Å². The fraction of sp³-hybridized carbons (Fsp3) is 0.312. The summed E-state index contributed by atoms with van der Waals surface area (Å²) in [7, 11) is 0. The van der Waals surface area contributed by atoms with Crippen LogP contribution in [0.3, 0.4) is 0 Å². The smallest absolute Gasteiger partial charge is 0.248 e. The number of carbonyl (C=O) groups excluding carboxylic acids is 1. The molecule has 0 saturated carbocycles. The largest absolute Gasteiger partial charge is 0.478 e. The normalized spacial score (nSPS) is 19.6. The zero-order valence-electron chi connectivity index (χ0n) is 13.2. The van der Waals surface area contributed by atoms with E-state index in [4.69, 9.17) is 16.3 Å². The number of fused-ring (bicyclic) bond motifs is 7. The number of nitrogens with zero attached hydrogens (tertiary/aromatic N) is 5. The predicted molar refractivity (Wildman–Crippen MR) is 91.6 cm³/mol. The van der Waals surface area contributed by atoms with Gasteiger partial charge in [-0.05, 0) is 24.6 Å². The van der Waals surface area contributed by atoms with Crippen LogP contribution < -0.4 is 15.1 Å². The van der Waals surface area contributed by atoms with E-state index in [0.717, 1.165) is 11.3 Å². The Kier molecular flexibility index (Phi) is 4.19. The van der Waals surface area contributed by atoms with Crippen LogP contribution in [0.4, 0.5) is 5.69 Å². The maximum atomic E-state index is 12.2. The highest BCUT2D eigenvalue weighted by molar-refractivity contribution is 6.31. The van der Waals surface area contributed by atoms with Crippen LogP contribution in [0.25, 0.3) is 11.3 Å².